The fourth-order valence-electron chi connectivity index (χ4n) is 0.604. The Morgan fingerprint density at radius 3 is 2.70 bits per heavy atom. The van der Waals surface area contributed by atoms with E-state index >= 15 is 0 Å². The SMILES string of the molecule is CCc1nc(Br)c(OC)s1. The monoisotopic (exact) mass is 221 g/mol. The van der Waals surface area contributed by atoms with Crippen molar-refractivity contribution in [1.82, 2.24) is 4.98 Å². The van der Waals surface area contributed by atoms with Gasteiger partial charge in [-0.3, -0.25) is 0 Å². The summed E-state index contributed by atoms with van der Waals surface area (Å²) in [5.74, 6) is 0. The van der Waals surface area contributed by atoms with Gasteiger partial charge in [-0.2, -0.15) is 0 Å². The predicted molar refractivity (Wildman–Crippen MR) is 45.7 cm³/mol. The molecule has 1 heterocycles. The average molecular weight is 222 g/mol. The molecule has 1 aromatic heterocycles. The zero-order chi connectivity index (χ0) is 7.56. The van der Waals surface area contributed by atoms with Crippen LogP contribution in [0.4, 0.5) is 0 Å². The number of aryl methyl sites for hydroxylation is 1. The molecule has 0 aliphatic rings. The van der Waals surface area contributed by atoms with Gasteiger partial charge in [0, 0.05) is 0 Å². The van der Waals surface area contributed by atoms with Crippen LogP contribution in [0.15, 0.2) is 4.60 Å². The molecule has 56 valence electrons. The van der Waals surface area contributed by atoms with E-state index < -0.39 is 0 Å². The summed E-state index contributed by atoms with van der Waals surface area (Å²) in [6.07, 6.45) is 0.965. The average Bonchev–Trinajstić information content (AvgIpc) is 2.30. The Balaban J connectivity index is 2.92. The zero-order valence-electron chi connectivity index (χ0n) is 5.85. The van der Waals surface area contributed by atoms with Gasteiger partial charge >= 0.3 is 0 Å². The number of halogens is 1. The largest absolute Gasteiger partial charge is 0.485 e. The van der Waals surface area contributed by atoms with Crippen molar-refractivity contribution < 1.29 is 4.74 Å². The van der Waals surface area contributed by atoms with Crippen molar-refractivity contribution in [2.75, 3.05) is 7.11 Å². The van der Waals surface area contributed by atoms with Crippen molar-refractivity contribution in [3.8, 4) is 5.06 Å². The van der Waals surface area contributed by atoms with Crippen LogP contribution in [0.1, 0.15) is 11.9 Å². The molecular formula is C6H8BrNOS. The van der Waals surface area contributed by atoms with Crippen LogP contribution in [-0.2, 0) is 6.42 Å². The van der Waals surface area contributed by atoms with E-state index in [1.54, 1.807) is 18.4 Å². The van der Waals surface area contributed by atoms with Gasteiger partial charge in [0.2, 0.25) is 5.06 Å². The molecule has 0 aromatic carbocycles. The highest BCUT2D eigenvalue weighted by Crippen LogP contribution is 2.31. The van der Waals surface area contributed by atoms with Crippen molar-refractivity contribution in [3.05, 3.63) is 9.61 Å². The van der Waals surface area contributed by atoms with Gasteiger partial charge < -0.3 is 4.74 Å². The van der Waals surface area contributed by atoms with Crippen molar-refractivity contribution in [1.29, 1.82) is 0 Å². The molecule has 2 nitrogen and oxygen atoms in total. The molecular weight excluding hydrogens is 214 g/mol. The lowest BCUT2D eigenvalue weighted by Crippen LogP contribution is -1.77. The van der Waals surface area contributed by atoms with Gasteiger partial charge in [-0.25, -0.2) is 4.98 Å². The van der Waals surface area contributed by atoms with Crippen LogP contribution in [0.5, 0.6) is 5.06 Å². The van der Waals surface area contributed by atoms with E-state index in [0.29, 0.717) is 0 Å². The van der Waals surface area contributed by atoms with Crippen LogP contribution in [0.3, 0.4) is 0 Å². The summed E-state index contributed by atoms with van der Waals surface area (Å²) in [7, 11) is 1.65. The van der Waals surface area contributed by atoms with Crippen molar-refractivity contribution >= 4 is 27.3 Å². The van der Waals surface area contributed by atoms with Crippen molar-refractivity contribution in [2.45, 2.75) is 13.3 Å². The molecule has 10 heavy (non-hydrogen) atoms. The van der Waals surface area contributed by atoms with Crippen molar-refractivity contribution in [2.24, 2.45) is 0 Å². The fourth-order valence-corrected chi connectivity index (χ4v) is 2.05. The van der Waals surface area contributed by atoms with E-state index in [4.69, 9.17) is 4.74 Å². The highest BCUT2D eigenvalue weighted by Gasteiger charge is 2.05. The molecule has 0 bridgehead atoms. The Morgan fingerprint density at radius 1 is 1.70 bits per heavy atom. The summed E-state index contributed by atoms with van der Waals surface area (Å²) in [5, 5.41) is 1.96. The summed E-state index contributed by atoms with van der Waals surface area (Å²) >= 11 is 4.87. The Kier molecular flexibility index (Phi) is 2.68. The zero-order valence-corrected chi connectivity index (χ0v) is 8.25. The van der Waals surface area contributed by atoms with Crippen molar-refractivity contribution in [3.63, 3.8) is 0 Å². The third-order valence-corrected chi connectivity index (χ3v) is 3.05. The summed E-state index contributed by atoms with van der Waals surface area (Å²) < 4.78 is 5.85. The maximum absolute atomic E-state index is 5.04. The minimum atomic E-state index is 0.817. The van der Waals surface area contributed by atoms with Crippen LogP contribution in [0.2, 0.25) is 0 Å². The molecule has 1 aromatic rings. The molecule has 0 unspecified atom stereocenters. The van der Waals surface area contributed by atoms with Gasteiger partial charge in [-0.1, -0.05) is 18.3 Å². The first-order valence-corrected chi connectivity index (χ1v) is 4.58. The van der Waals surface area contributed by atoms with E-state index in [9.17, 15) is 0 Å². The van der Waals surface area contributed by atoms with Gasteiger partial charge in [0.15, 0.2) is 4.60 Å². The predicted octanol–water partition coefficient (Wildman–Crippen LogP) is 2.48. The second-order valence-corrected chi connectivity index (χ2v) is 3.54. The molecule has 0 atom stereocenters. The van der Waals surface area contributed by atoms with E-state index in [2.05, 4.69) is 27.8 Å². The van der Waals surface area contributed by atoms with Crippen LogP contribution >= 0.6 is 27.3 Å². The molecule has 0 fully saturated rings. The molecule has 0 radical (unpaired) electrons. The number of thiazole rings is 1. The van der Waals surface area contributed by atoms with Crippen LogP contribution in [0.25, 0.3) is 0 Å². The molecule has 4 heteroatoms. The van der Waals surface area contributed by atoms with E-state index in [0.717, 1.165) is 21.1 Å². The number of aromatic nitrogens is 1. The third-order valence-electron chi connectivity index (χ3n) is 1.09. The molecule has 1 rings (SSSR count). The summed E-state index contributed by atoms with van der Waals surface area (Å²) in [6, 6.07) is 0. The number of hydrogen-bond donors (Lipinski definition) is 0. The number of rotatable bonds is 2. The standard InChI is InChI=1S/C6H8BrNOS/c1-3-4-8-5(7)6(9-2)10-4/h3H2,1-2H3. The Labute approximate surface area is 72.4 Å². The Bertz CT molecular complexity index is 224. The molecule has 0 aliphatic carbocycles. The fraction of sp³-hybridized carbons (Fsp3) is 0.500. The quantitative estimate of drug-likeness (QED) is 0.766. The summed E-state index contributed by atoms with van der Waals surface area (Å²) in [6.45, 7) is 2.07. The number of ether oxygens (including phenoxy) is 1. The van der Waals surface area contributed by atoms with Crippen LogP contribution in [-0.4, -0.2) is 12.1 Å². The maximum Gasteiger partial charge on any atom is 0.208 e. The first-order chi connectivity index (χ1) is 4.77. The van der Waals surface area contributed by atoms with Crippen LogP contribution < -0.4 is 4.74 Å². The van der Waals surface area contributed by atoms with Gasteiger partial charge in [-0.05, 0) is 22.4 Å². The topological polar surface area (TPSA) is 22.1 Å². The highest BCUT2D eigenvalue weighted by molar-refractivity contribution is 9.10. The minimum absolute atomic E-state index is 0.817. The maximum atomic E-state index is 5.04. The molecule has 0 saturated heterocycles. The minimum Gasteiger partial charge on any atom is -0.485 e. The third kappa shape index (κ3) is 1.49. The smallest absolute Gasteiger partial charge is 0.208 e. The molecule has 0 aliphatic heterocycles. The second kappa shape index (κ2) is 3.34. The van der Waals surface area contributed by atoms with Gasteiger partial charge in [0.05, 0.1) is 12.1 Å². The Morgan fingerprint density at radius 2 is 2.40 bits per heavy atom. The van der Waals surface area contributed by atoms with Gasteiger partial charge in [0.1, 0.15) is 0 Å². The number of nitrogens with zero attached hydrogens (tertiary/aromatic N) is 1. The van der Waals surface area contributed by atoms with Gasteiger partial charge in [-0.15, -0.1) is 0 Å². The lowest BCUT2D eigenvalue weighted by atomic mass is 10.5. The normalized spacial score (nSPS) is 9.90. The molecule has 0 amide bonds. The molecule has 0 spiro atoms. The molecule has 0 saturated carbocycles. The lowest BCUT2D eigenvalue weighted by molar-refractivity contribution is 0.423. The first-order valence-electron chi connectivity index (χ1n) is 2.97. The van der Waals surface area contributed by atoms with Gasteiger partial charge in [0.25, 0.3) is 0 Å². The Hall–Kier alpha value is -0.0900. The van der Waals surface area contributed by atoms with Crippen LogP contribution in [0, 0.1) is 0 Å². The second-order valence-electron chi connectivity index (χ2n) is 1.74. The summed E-state index contributed by atoms with van der Waals surface area (Å²) in [5.41, 5.74) is 0. The number of hydrogen-bond acceptors (Lipinski definition) is 3. The lowest BCUT2D eigenvalue weighted by Gasteiger charge is -1.89. The highest BCUT2D eigenvalue weighted by atomic mass is 79.9. The van der Waals surface area contributed by atoms with E-state index in [-0.39, 0.29) is 0 Å². The number of methoxy groups -OCH3 is 1. The first kappa shape index (κ1) is 8.01. The molecule has 0 N–H and O–H groups in total. The van der Waals surface area contributed by atoms with E-state index in [1.165, 1.54) is 0 Å². The summed E-state index contributed by atoms with van der Waals surface area (Å²) in [4.78, 5) is 4.21. The van der Waals surface area contributed by atoms with E-state index in [1.807, 2.05) is 0 Å².